The number of halogens is 1. The van der Waals surface area contributed by atoms with Crippen LogP contribution in [0.1, 0.15) is 17.7 Å². The molecule has 17 heavy (non-hydrogen) atoms. The van der Waals surface area contributed by atoms with Gasteiger partial charge < -0.3 is 5.73 Å². The molecule has 2 rings (SSSR count). The number of nitrogens with two attached hydrogens (primary N) is 1. The van der Waals surface area contributed by atoms with Crippen molar-refractivity contribution >= 4 is 17.4 Å². The monoisotopic (exact) mass is 247 g/mol. The lowest BCUT2D eigenvalue weighted by atomic mass is 10.2. The van der Waals surface area contributed by atoms with Crippen molar-refractivity contribution in [2.75, 3.05) is 5.73 Å². The van der Waals surface area contributed by atoms with Gasteiger partial charge in [0.15, 0.2) is 0 Å². The summed E-state index contributed by atoms with van der Waals surface area (Å²) in [6.45, 7) is 2.09. The number of benzene rings is 2. The maximum absolute atomic E-state index is 13.1. The normalized spacial score (nSPS) is 12.4. The van der Waals surface area contributed by atoms with E-state index in [-0.39, 0.29) is 11.1 Å². The van der Waals surface area contributed by atoms with Gasteiger partial charge in [-0.05, 0) is 30.7 Å². The van der Waals surface area contributed by atoms with Crippen molar-refractivity contribution in [1.29, 1.82) is 0 Å². The summed E-state index contributed by atoms with van der Waals surface area (Å²) in [5.41, 5.74) is 7.66. The van der Waals surface area contributed by atoms with Crippen LogP contribution in [0, 0.1) is 5.82 Å². The van der Waals surface area contributed by atoms with E-state index in [4.69, 9.17) is 5.73 Å². The highest BCUT2D eigenvalue weighted by molar-refractivity contribution is 7.99. The van der Waals surface area contributed by atoms with Crippen molar-refractivity contribution in [3.05, 3.63) is 59.9 Å². The maximum atomic E-state index is 13.1. The molecular weight excluding hydrogens is 233 g/mol. The predicted octanol–water partition coefficient (Wildman–Crippen LogP) is 4.26. The molecule has 0 radical (unpaired) electrons. The zero-order valence-electron chi connectivity index (χ0n) is 9.56. The smallest absolute Gasteiger partial charge is 0.124 e. The van der Waals surface area contributed by atoms with Crippen LogP contribution in [0.2, 0.25) is 0 Å². The molecule has 0 heterocycles. The molecule has 3 heteroatoms. The average Bonchev–Trinajstić information content (AvgIpc) is 2.35. The van der Waals surface area contributed by atoms with Crippen LogP contribution in [-0.2, 0) is 0 Å². The maximum Gasteiger partial charge on any atom is 0.124 e. The van der Waals surface area contributed by atoms with Gasteiger partial charge in [-0.1, -0.05) is 30.3 Å². The Bertz CT molecular complexity index is 499. The van der Waals surface area contributed by atoms with Crippen molar-refractivity contribution in [2.24, 2.45) is 0 Å². The molecule has 2 aromatic rings. The Hall–Kier alpha value is -1.48. The second-order valence-corrected chi connectivity index (χ2v) is 5.24. The summed E-state index contributed by atoms with van der Waals surface area (Å²) < 4.78 is 13.1. The summed E-state index contributed by atoms with van der Waals surface area (Å²) >= 11 is 1.57. The van der Waals surface area contributed by atoms with Crippen molar-refractivity contribution in [3.8, 4) is 0 Å². The van der Waals surface area contributed by atoms with Crippen LogP contribution in [0.3, 0.4) is 0 Å². The van der Waals surface area contributed by atoms with Crippen molar-refractivity contribution in [1.82, 2.24) is 0 Å². The predicted molar refractivity (Wildman–Crippen MR) is 71.5 cm³/mol. The Morgan fingerprint density at radius 1 is 1.12 bits per heavy atom. The van der Waals surface area contributed by atoms with E-state index in [9.17, 15) is 4.39 Å². The summed E-state index contributed by atoms with van der Waals surface area (Å²) in [4.78, 5) is 0.793. The topological polar surface area (TPSA) is 26.0 Å². The zero-order chi connectivity index (χ0) is 12.3. The van der Waals surface area contributed by atoms with Crippen molar-refractivity contribution in [2.45, 2.75) is 17.1 Å². The first-order valence-corrected chi connectivity index (χ1v) is 6.31. The number of hydrogen-bond donors (Lipinski definition) is 1. The van der Waals surface area contributed by atoms with Crippen LogP contribution in [-0.4, -0.2) is 0 Å². The van der Waals surface area contributed by atoms with Gasteiger partial charge in [-0.15, -0.1) is 11.8 Å². The Morgan fingerprint density at radius 3 is 2.53 bits per heavy atom. The minimum absolute atomic E-state index is 0.248. The van der Waals surface area contributed by atoms with Gasteiger partial charge in [0.1, 0.15) is 5.82 Å². The van der Waals surface area contributed by atoms with E-state index in [0.29, 0.717) is 5.69 Å². The lowest BCUT2D eigenvalue weighted by Gasteiger charge is -2.13. The van der Waals surface area contributed by atoms with Crippen LogP contribution in [0.25, 0.3) is 0 Å². The van der Waals surface area contributed by atoms with Crippen LogP contribution < -0.4 is 5.73 Å². The molecule has 0 bridgehead atoms. The average molecular weight is 247 g/mol. The standard InChI is InChI=1S/C14H14FNS/c1-10(11-5-3-2-4-6-11)17-14-9-12(15)7-8-13(14)16/h2-10H,16H2,1H3. The number of hydrogen-bond acceptors (Lipinski definition) is 2. The fourth-order valence-corrected chi connectivity index (χ4v) is 2.65. The number of rotatable bonds is 3. The molecule has 88 valence electrons. The Morgan fingerprint density at radius 2 is 1.82 bits per heavy atom. The van der Waals surface area contributed by atoms with Crippen LogP contribution in [0.4, 0.5) is 10.1 Å². The number of anilines is 1. The Kier molecular flexibility index (Phi) is 3.69. The fraction of sp³-hybridized carbons (Fsp3) is 0.143. The molecule has 0 aliphatic carbocycles. The van der Waals surface area contributed by atoms with E-state index in [1.807, 2.05) is 18.2 Å². The third-order valence-electron chi connectivity index (χ3n) is 2.55. The van der Waals surface area contributed by atoms with E-state index in [0.717, 1.165) is 4.90 Å². The Balaban J connectivity index is 2.18. The first-order chi connectivity index (χ1) is 8.16. The van der Waals surface area contributed by atoms with Gasteiger partial charge in [-0.2, -0.15) is 0 Å². The van der Waals surface area contributed by atoms with E-state index < -0.39 is 0 Å². The minimum Gasteiger partial charge on any atom is -0.398 e. The van der Waals surface area contributed by atoms with Gasteiger partial charge in [0.05, 0.1) is 0 Å². The summed E-state index contributed by atoms with van der Waals surface area (Å²) in [5, 5.41) is 0.250. The van der Waals surface area contributed by atoms with Gasteiger partial charge in [0.25, 0.3) is 0 Å². The highest BCUT2D eigenvalue weighted by Crippen LogP contribution is 2.37. The lowest BCUT2D eigenvalue weighted by Crippen LogP contribution is -1.93. The minimum atomic E-state index is -0.248. The van der Waals surface area contributed by atoms with E-state index in [1.165, 1.54) is 17.7 Å². The molecule has 0 amide bonds. The SMILES string of the molecule is CC(Sc1cc(F)ccc1N)c1ccccc1. The van der Waals surface area contributed by atoms with Crippen molar-refractivity contribution < 1.29 is 4.39 Å². The van der Waals surface area contributed by atoms with Crippen LogP contribution >= 0.6 is 11.8 Å². The third kappa shape index (κ3) is 3.01. The van der Waals surface area contributed by atoms with Gasteiger partial charge >= 0.3 is 0 Å². The molecule has 1 unspecified atom stereocenters. The molecule has 2 N–H and O–H groups in total. The second-order valence-electron chi connectivity index (χ2n) is 3.85. The molecule has 0 aliphatic heterocycles. The first-order valence-electron chi connectivity index (χ1n) is 5.43. The van der Waals surface area contributed by atoms with Gasteiger partial charge in [0, 0.05) is 15.8 Å². The van der Waals surface area contributed by atoms with E-state index in [2.05, 4.69) is 19.1 Å². The molecule has 0 fully saturated rings. The van der Waals surface area contributed by atoms with E-state index in [1.54, 1.807) is 17.8 Å². The fourth-order valence-electron chi connectivity index (χ4n) is 1.59. The lowest BCUT2D eigenvalue weighted by molar-refractivity contribution is 0.624. The highest BCUT2D eigenvalue weighted by atomic mass is 32.2. The summed E-state index contributed by atoms with van der Waals surface area (Å²) in [6.07, 6.45) is 0. The molecule has 0 saturated carbocycles. The summed E-state index contributed by atoms with van der Waals surface area (Å²) in [7, 11) is 0. The first kappa shape index (κ1) is 12.0. The summed E-state index contributed by atoms with van der Waals surface area (Å²) in [5.74, 6) is -0.248. The molecule has 1 nitrogen and oxygen atoms in total. The zero-order valence-corrected chi connectivity index (χ0v) is 10.4. The number of thioether (sulfide) groups is 1. The van der Waals surface area contributed by atoms with Gasteiger partial charge in [-0.3, -0.25) is 0 Å². The van der Waals surface area contributed by atoms with Gasteiger partial charge in [-0.25, -0.2) is 4.39 Å². The highest BCUT2D eigenvalue weighted by Gasteiger charge is 2.09. The molecule has 0 spiro atoms. The van der Waals surface area contributed by atoms with Crippen LogP contribution in [0.5, 0.6) is 0 Å². The van der Waals surface area contributed by atoms with Crippen molar-refractivity contribution in [3.63, 3.8) is 0 Å². The molecule has 1 atom stereocenters. The largest absolute Gasteiger partial charge is 0.398 e. The third-order valence-corrected chi connectivity index (χ3v) is 3.78. The second kappa shape index (κ2) is 5.23. The number of nitrogen functional groups attached to an aromatic ring is 1. The van der Waals surface area contributed by atoms with E-state index >= 15 is 0 Å². The molecule has 2 aromatic carbocycles. The molecule has 0 saturated heterocycles. The molecule has 0 aliphatic rings. The Labute approximate surface area is 105 Å². The molecule has 0 aromatic heterocycles. The molecular formula is C14H14FNS. The van der Waals surface area contributed by atoms with Crippen LogP contribution in [0.15, 0.2) is 53.4 Å². The quantitative estimate of drug-likeness (QED) is 0.647. The summed E-state index contributed by atoms with van der Waals surface area (Å²) in [6, 6.07) is 14.6. The van der Waals surface area contributed by atoms with Gasteiger partial charge in [0.2, 0.25) is 0 Å².